The number of carbonyl (C=O) groups is 2. The number of quaternary nitrogens is 1. The number of hydrogen-bond acceptors (Lipinski definition) is 7. The molecule has 0 amide bonds. The molecule has 9 nitrogen and oxygen atoms in total. The van der Waals surface area contributed by atoms with Crippen molar-refractivity contribution in [1.29, 1.82) is 0 Å². The van der Waals surface area contributed by atoms with E-state index in [-0.39, 0.29) is 32.0 Å². The van der Waals surface area contributed by atoms with Gasteiger partial charge >= 0.3 is 19.8 Å². The van der Waals surface area contributed by atoms with Crippen molar-refractivity contribution in [3.8, 4) is 0 Å². The molecule has 0 aliphatic heterocycles. The van der Waals surface area contributed by atoms with Gasteiger partial charge in [-0.05, 0) is 77.0 Å². The number of hydrogen-bond donors (Lipinski definition) is 1. The number of rotatable bonds is 66. The fourth-order valence-electron chi connectivity index (χ4n) is 10.2. The number of ether oxygens (including phenoxy) is 2. The zero-order chi connectivity index (χ0) is 62.6. The first-order valence-electron chi connectivity index (χ1n) is 36.0. The van der Waals surface area contributed by atoms with Crippen LogP contribution in [0.3, 0.4) is 0 Å². The molecule has 0 spiro atoms. The third-order valence-electron chi connectivity index (χ3n) is 15.6. The summed E-state index contributed by atoms with van der Waals surface area (Å²) in [6.07, 6.45) is 92.6. The third kappa shape index (κ3) is 70.0. The van der Waals surface area contributed by atoms with Crippen LogP contribution in [0.4, 0.5) is 0 Å². The maximum Gasteiger partial charge on any atom is 0.472 e. The van der Waals surface area contributed by atoms with Crippen LogP contribution in [-0.4, -0.2) is 74.9 Å². The Morgan fingerprint density at radius 3 is 0.988 bits per heavy atom. The van der Waals surface area contributed by atoms with Gasteiger partial charge in [0.1, 0.15) is 19.8 Å². The molecule has 0 saturated heterocycles. The van der Waals surface area contributed by atoms with Gasteiger partial charge in [-0.1, -0.05) is 329 Å². The van der Waals surface area contributed by atoms with Crippen LogP contribution in [-0.2, 0) is 32.7 Å². The SMILES string of the molecule is CC/C=C\C/C=C\C/C=C\C/C=C\C/C=C\C/C=C\C/C=C\C/C=C\CCCCC(=O)OC(COC(=O)CCCCCCCCCCCCCCCCCCCCCCCCCCCCCCCCCCCCC)COP(=O)(O)OCC[N+](C)(C)C. The van der Waals surface area contributed by atoms with E-state index < -0.39 is 26.5 Å². The number of likely N-dealkylation sites (N-methyl/N-ethyl adjacent to an activating group) is 1. The first-order chi connectivity index (χ1) is 42.0. The standard InChI is InChI=1S/C76H136NO8P/c1-6-8-10-12-14-16-18-20-22-24-26-28-30-32-34-35-36-37-38-39-40-41-43-44-46-48-50-52-54-56-58-60-62-64-66-68-75(78)82-72-74(73-84-86(80,81)83-71-70-77(3,4)5)85-76(79)69-67-65-63-61-59-57-55-53-51-49-47-45-42-33-31-29-27-25-23-21-19-17-15-13-11-9-7-2/h9,11,15,17,21,23,27,29,33,42,47,49,53,55,59,61,74H,6-8,10,12-14,16,18-20,22,24-26,28,30-32,34-41,43-46,48,50-52,54,56-58,60,62-73H2,1-5H3/p+1/b11-9-,17-15-,23-21-,29-27-,42-33-,49-47-,55-53-,61-59-. The summed E-state index contributed by atoms with van der Waals surface area (Å²) < 4.78 is 34.7. The highest BCUT2D eigenvalue weighted by molar-refractivity contribution is 7.47. The highest BCUT2D eigenvalue weighted by Gasteiger charge is 2.27. The van der Waals surface area contributed by atoms with Crippen LogP contribution in [0.25, 0.3) is 0 Å². The van der Waals surface area contributed by atoms with Gasteiger partial charge in [0.15, 0.2) is 6.10 Å². The summed E-state index contributed by atoms with van der Waals surface area (Å²) in [4.78, 5) is 35.8. The summed E-state index contributed by atoms with van der Waals surface area (Å²) in [5.74, 6) is -0.842. The quantitative estimate of drug-likeness (QED) is 0.0211. The minimum atomic E-state index is -4.41. The van der Waals surface area contributed by atoms with Crippen molar-refractivity contribution in [3.63, 3.8) is 0 Å². The zero-order valence-electron chi connectivity index (χ0n) is 56.8. The molecule has 0 aliphatic carbocycles. The zero-order valence-corrected chi connectivity index (χ0v) is 57.7. The second-order valence-corrected chi connectivity index (χ2v) is 26.7. The van der Waals surface area contributed by atoms with E-state index in [1.54, 1.807) is 0 Å². The molecule has 2 atom stereocenters. The van der Waals surface area contributed by atoms with Crippen molar-refractivity contribution in [2.45, 2.75) is 328 Å². The van der Waals surface area contributed by atoms with Gasteiger partial charge in [-0.15, -0.1) is 0 Å². The van der Waals surface area contributed by atoms with Crippen molar-refractivity contribution in [1.82, 2.24) is 0 Å². The Kier molecular flexibility index (Phi) is 64.0. The minimum Gasteiger partial charge on any atom is -0.462 e. The van der Waals surface area contributed by atoms with Crippen LogP contribution in [0.15, 0.2) is 97.2 Å². The second kappa shape index (κ2) is 66.4. The summed E-state index contributed by atoms with van der Waals surface area (Å²) in [6, 6.07) is 0. The van der Waals surface area contributed by atoms with Gasteiger partial charge in [0.25, 0.3) is 0 Å². The highest BCUT2D eigenvalue weighted by atomic mass is 31.2. The summed E-state index contributed by atoms with van der Waals surface area (Å²) in [5.41, 5.74) is 0. The van der Waals surface area contributed by atoms with Gasteiger partial charge in [0.2, 0.25) is 0 Å². The molecule has 498 valence electrons. The molecule has 0 radical (unpaired) electrons. The Hall–Kier alpha value is -3.07. The van der Waals surface area contributed by atoms with Crippen LogP contribution in [0.1, 0.15) is 322 Å². The Bertz CT molecular complexity index is 1770. The van der Waals surface area contributed by atoms with E-state index in [9.17, 15) is 19.0 Å². The van der Waals surface area contributed by atoms with E-state index in [0.29, 0.717) is 17.4 Å². The first kappa shape index (κ1) is 82.9. The van der Waals surface area contributed by atoms with Gasteiger partial charge in [-0.3, -0.25) is 18.6 Å². The molecular weight excluding hydrogens is 1090 g/mol. The monoisotopic (exact) mass is 1220 g/mol. The molecule has 0 aliphatic rings. The molecule has 0 bridgehead atoms. The van der Waals surface area contributed by atoms with Crippen molar-refractivity contribution < 1.29 is 42.1 Å². The van der Waals surface area contributed by atoms with Gasteiger partial charge < -0.3 is 18.9 Å². The molecule has 0 aromatic heterocycles. The Balaban J connectivity index is 4.06. The van der Waals surface area contributed by atoms with E-state index in [2.05, 4.69) is 111 Å². The van der Waals surface area contributed by atoms with Crippen LogP contribution in [0.2, 0.25) is 0 Å². The molecule has 0 aromatic carbocycles. The predicted octanol–water partition coefficient (Wildman–Crippen LogP) is 23.5. The fraction of sp³-hybridized carbons (Fsp3) is 0.763. The van der Waals surface area contributed by atoms with Crippen LogP contribution >= 0.6 is 7.82 Å². The van der Waals surface area contributed by atoms with Crippen LogP contribution in [0, 0.1) is 0 Å². The normalized spacial score (nSPS) is 13.7. The summed E-state index contributed by atoms with van der Waals surface area (Å²) in [6.45, 7) is 4.30. The number of unbranched alkanes of at least 4 members (excludes halogenated alkanes) is 36. The average molecular weight is 1220 g/mol. The lowest BCUT2D eigenvalue weighted by Crippen LogP contribution is -2.37. The second-order valence-electron chi connectivity index (χ2n) is 25.3. The van der Waals surface area contributed by atoms with E-state index in [1.807, 2.05) is 21.1 Å². The smallest absolute Gasteiger partial charge is 0.462 e. The summed E-state index contributed by atoms with van der Waals surface area (Å²) >= 11 is 0. The number of phosphoric ester groups is 1. The summed E-state index contributed by atoms with van der Waals surface area (Å²) in [7, 11) is 1.45. The lowest BCUT2D eigenvalue weighted by molar-refractivity contribution is -0.870. The number of carbonyl (C=O) groups excluding carboxylic acids is 2. The van der Waals surface area contributed by atoms with E-state index >= 15 is 0 Å². The largest absolute Gasteiger partial charge is 0.472 e. The Labute approximate surface area is 532 Å². The molecule has 10 heteroatoms. The molecule has 0 rings (SSSR count). The lowest BCUT2D eigenvalue weighted by Gasteiger charge is -2.24. The van der Waals surface area contributed by atoms with Gasteiger partial charge in [-0.2, -0.15) is 0 Å². The predicted molar refractivity (Wildman–Crippen MR) is 372 cm³/mol. The molecule has 2 unspecified atom stereocenters. The van der Waals surface area contributed by atoms with Crippen molar-refractivity contribution in [2.75, 3.05) is 47.5 Å². The molecule has 0 saturated carbocycles. The first-order valence-corrected chi connectivity index (χ1v) is 37.5. The fourth-order valence-corrected chi connectivity index (χ4v) is 10.9. The highest BCUT2D eigenvalue weighted by Crippen LogP contribution is 2.43. The maximum atomic E-state index is 12.9. The number of esters is 2. The minimum absolute atomic E-state index is 0.0194. The molecule has 1 N–H and O–H groups in total. The number of nitrogens with zero attached hydrogens (tertiary/aromatic N) is 1. The lowest BCUT2D eigenvalue weighted by atomic mass is 10.0. The third-order valence-corrected chi connectivity index (χ3v) is 16.6. The molecule has 0 fully saturated rings. The van der Waals surface area contributed by atoms with Crippen LogP contribution in [0.5, 0.6) is 0 Å². The molecular formula is C76H137NO8P+. The van der Waals surface area contributed by atoms with Crippen molar-refractivity contribution in [3.05, 3.63) is 97.2 Å². The van der Waals surface area contributed by atoms with E-state index in [4.69, 9.17) is 18.5 Å². The van der Waals surface area contributed by atoms with Crippen LogP contribution < -0.4 is 0 Å². The molecule has 0 heterocycles. The topological polar surface area (TPSA) is 108 Å². The van der Waals surface area contributed by atoms with Crippen molar-refractivity contribution in [2.24, 2.45) is 0 Å². The van der Waals surface area contributed by atoms with E-state index in [1.165, 1.54) is 205 Å². The van der Waals surface area contributed by atoms with Gasteiger partial charge in [0.05, 0.1) is 27.7 Å². The molecule has 86 heavy (non-hydrogen) atoms. The Morgan fingerprint density at radius 2 is 0.663 bits per heavy atom. The maximum absolute atomic E-state index is 12.9. The number of phosphoric acid groups is 1. The van der Waals surface area contributed by atoms with Gasteiger partial charge in [-0.25, -0.2) is 4.57 Å². The molecule has 0 aromatic rings. The van der Waals surface area contributed by atoms with Crippen molar-refractivity contribution >= 4 is 19.8 Å². The van der Waals surface area contributed by atoms with Gasteiger partial charge in [0, 0.05) is 12.8 Å². The number of allylic oxidation sites excluding steroid dienone is 16. The Morgan fingerprint density at radius 1 is 0.372 bits per heavy atom. The average Bonchev–Trinajstić information content (AvgIpc) is 3.53. The summed E-state index contributed by atoms with van der Waals surface area (Å²) in [5, 5.41) is 0. The van der Waals surface area contributed by atoms with E-state index in [0.717, 1.165) is 83.5 Å².